The van der Waals surface area contributed by atoms with Crippen LogP contribution in [-0.4, -0.2) is 60.6 Å². The molecule has 178 valence electrons. The number of nitrogens with one attached hydrogen (secondary N) is 1. The van der Waals surface area contributed by atoms with Gasteiger partial charge in [-0.05, 0) is 54.4 Å². The molecule has 1 aromatic heterocycles. The zero-order chi connectivity index (χ0) is 24.3. The van der Waals surface area contributed by atoms with Gasteiger partial charge in [-0.3, -0.25) is 9.59 Å². The van der Waals surface area contributed by atoms with E-state index in [-0.39, 0.29) is 29.2 Å². The minimum absolute atomic E-state index is 0.142. The number of anilines is 1. The Morgan fingerprint density at radius 1 is 1.09 bits per heavy atom. The van der Waals surface area contributed by atoms with E-state index >= 15 is 0 Å². The van der Waals surface area contributed by atoms with Crippen molar-refractivity contribution < 1.29 is 22.7 Å². The highest BCUT2D eigenvalue weighted by atomic mass is 32.2. The van der Waals surface area contributed by atoms with Gasteiger partial charge in [0.1, 0.15) is 5.69 Å². The number of amides is 2. The lowest BCUT2D eigenvalue weighted by Crippen LogP contribution is -2.41. The largest absolute Gasteiger partial charge is 0.379 e. The minimum Gasteiger partial charge on any atom is -0.379 e. The van der Waals surface area contributed by atoms with Gasteiger partial charge in [0.05, 0.1) is 23.8 Å². The molecule has 0 radical (unpaired) electrons. The third-order valence-electron chi connectivity index (χ3n) is 5.53. The van der Waals surface area contributed by atoms with Crippen LogP contribution in [0, 0.1) is 0 Å². The molecule has 1 saturated heterocycles. The highest BCUT2D eigenvalue weighted by Crippen LogP contribution is 2.24. The summed E-state index contributed by atoms with van der Waals surface area (Å²) in [5, 5.41) is 6.88. The maximum atomic E-state index is 13.2. The van der Waals surface area contributed by atoms with Crippen LogP contribution < -0.4 is 11.1 Å². The first kappa shape index (κ1) is 23.6. The number of nitrogens with two attached hydrogens (primary N) is 1. The Kier molecular flexibility index (Phi) is 6.77. The molecule has 11 heteroatoms. The number of carbonyl (C=O) groups excluding carboxylic acids is 2. The number of primary amides is 1. The topological polar surface area (TPSA) is 137 Å². The summed E-state index contributed by atoms with van der Waals surface area (Å²) in [6, 6.07) is 13.1. The lowest BCUT2D eigenvalue weighted by atomic mass is 10.1. The Hall–Kier alpha value is -3.54. The predicted octanol–water partition coefficient (Wildman–Crippen LogP) is 1.81. The summed E-state index contributed by atoms with van der Waals surface area (Å²) in [6.07, 6.45) is 2.13. The maximum absolute atomic E-state index is 13.2. The highest BCUT2D eigenvalue weighted by molar-refractivity contribution is 7.89. The van der Waals surface area contributed by atoms with Crippen molar-refractivity contribution in [2.45, 2.75) is 18.2 Å². The summed E-state index contributed by atoms with van der Waals surface area (Å²) in [7, 11) is -3.74. The molecule has 0 aliphatic carbocycles. The molecule has 0 bridgehead atoms. The number of morpholine rings is 1. The molecule has 0 spiro atoms. The van der Waals surface area contributed by atoms with Crippen LogP contribution in [0.25, 0.3) is 5.69 Å². The van der Waals surface area contributed by atoms with Crippen molar-refractivity contribution in [2.24, 2.45) is 5.73 Å². The Balaban J connectivity index is 1.54. The summed E-state index contributed by atoms with van der Waals surface area (Å²) < 4.78 is 34.6. The summed E-state index contributed by atoms with van der Waals surface area (Å²) in [5.41, 5.74) is 7.47. The van der Waals surface area contributed by atoms with Crippen LogP contribution in [0.2, 0.25) is 0 Å². The highest BCUT2D eigenvalue weighted by Gasteiger charge is 2.29. The van der Waals surface area contributed by atoms with Crippen LogP contribution in [0.1, 0.15) is 33.3 Å². The monoisotopic (exact) mass is 483 g/mol. The molecule has 1 aliphatic rings. The summed E-state index contributed by atoms with van der Waals surface area (Å²) in [4.78, 5) is 24.3. The van der Waals surface area contributed by atoms with E-state index in [1.165, 1.54) is 21.1 Å². The Labute approximate surface area is 197 Å². The third kappa shape index (κ3) is 4.86. The van der Waals surface area contributed by atoms with Gasteiger partial charge >= 0.3 is 0 Å². The van der Waals surface area contributed by atoms with E-state index in [2.05, 4.69) is 10.4 Å². The summed E-state index contributed by atoms with van der Waals surface area (Å²) >= 11 is 0. The third-order valence-corrected chi connectivity index (χ3v) is 7.51. The van der Waals surface area contributed by atoms with Crippen molar-refractivity contribution in [3.63, 3.8) is 0 Å². The number of nitrogens with zero attached hydrogens (tertiary/aromatic N) is 3. The van der Waals surface area contributed by atoms with Crippen molar-refractivity contribution >= 4 is 27.5 Å². The van der Waals surface area contributed by atoms with Gasteiger partial charge in [0.25, 0.3) is 11.8 Å². The number of rotatable bonds is 7. The van der Waals surface area contributed by atoms with E-state index in [0.717, 1.165) is 0 Å². The van der Waals surface area contributed by atoms with Crippen molar-refractivity contribution in [3.8, 4) is 5.69 Å². The molecule has 0 unspecified atom stereocenters. The van der Waals surface area contributed by atoms with Crippen molar-refractivity contribution in [2.75, 3.05) is 31.6 Å². The molecule has 34 heavy (non-hydrogen) atoms. The SMILES string of the molecule is CCc1ccc(C(=O)Nc2ccc(-n3ccc(C(N)=O)n3)cc2)cc1S(=O)(=O)N1CCOCC1. The van der Waals surface area contributed by atoms with Crippen LogP contribution >= 0.6 is 0 Å². The molecule has 0 atom stereocenters. The lowest BCUT2D eigenvalue weighted by Gasteiger charge is -2.27. The van der Waals surface area contributed by atoms with Crippen LogP contribution in [0.5, 0.6) is 0 Å². The van der Waals surface area contributed by atoms with Crippen LogP contribution in [0.4, 0.5) is 5.69 Å². The van der Waals surface area contributed by atoms with E-state index in [1.807, 2.05) is 6.92 Å². The second-order valence-electron chi connectivity index (χ2n) is 7.70. The number of ether oxygens (including phenoxy) is 1. The van der Waals surface area contributed by atoms with Crippen LogP contribution in [0.15, 0.2) is 59.6 Å². The van der Waals surface area contributed by atoms with Gasteiger partial charge in [-0.15, -0.1) is 0 Å². The number of carbonyl (C=O) groups is 2. The molecule has 0 saturated carbocycles. The number of aromatic nitrogens is 2. The van der Waals surface area contributed by atoms with Gasteiger partial charge < -0.3 is 15.8 Å². The fourth-order valence-corrected chi connectivity index (χ4v) is 5.38. The smallest absolute Gasteiger partial charge is 0.269 e. The second-order valence-corrected chi connectivity index (χ2v) is 9.61. The van der Waals surface area contributed by atoms with Gasteiger partial charge in [0.2, 0.25) is 10.0 Å². The first-order valence-corrected chi connectivity index (χ1v) is 12.2. The molecule has 1 fully saturated rings. The van der Waals surface area contributed by atoms with E-state index in [1.54, 1.807) is 42.6 Å². The maximum Gasteiger partial charge on any atom is 0.269 e. The number of benzene rings is 2. The Bertz CT molecular complexity index is 1310. The van der Waals surface area contributed by atoms with Crippen molar-refractivity contribution in [1.82, 2.24) is 14.1 Å². The number of aryl methyl sites for hydroxylation is 1. The van der Waals surface area contributed by atoms with E-state index < -0.39 is 21.8 Å². The molecule has 2 aromatic carbocycles. The van der Waals surface area contributed by atoms with Gasteiger partial charge in [-0.25, -0.2) is 13.1 Å². The molecule has 3 N–H and O–H groups in total. The van der Waals surface area contributed by atoms with Gasteiger partial charge in [0, 0.05) is 30.5 Å². The predicted molar refractivity (Wildman–Crippen MR) is 125 cm³/mol. The fourth-order valence-electron chi connectivity index (χ4n) is 3.65. The van der Waals surface area contributed by atoms with E-state index in [0.29, 0.717) is 36.6 Å². The molecular weight excluding hydrogens is 458 g/mol. The molecule has 2 heterocycles. The van der Waals surface area contributed by atoms with Crippen molar-refractivity contribution in [3.05, 3.63) is 71.5 Å². The number of sulfonamides is 1. The van der Waals surface area contributed by atoms with Crippen LogP contribution in [-0.2, 0) is 21.2 Å². The number of hydrogen-bond donors (Lipinski definition) is 2. The van der Waals surface area contributed by atoms with Crippen molar-refractivity contribution in [1.29, 1.82) is 0 Å². The summed E-state index contributed by atoms with van der Waals surface area (Å²) in [6.45, 7) is 3.14. The minimum atomic E-state index is -3.74. The summed E-state index contributed by atoms with van der Waals surface area (Å²) in [5.74, 6) is -1.05. The van der Waals surface area contributed by atoms with E-state index in [4.69, 9.17) is 10.5 Å². The standard InChI is InChI=1S/C23H25N5O5S/c1-2-16-3-4-17(15-21(16)34(31,32)27-11-13-33-14-12-27)23(30)25-18-5-7-19(8-6-18)28-10-9-20(26-28)22(24)29/h3-10,15H,2,11-14H2,1H3,(H2,24,29)(H,25,30). The van der Waals surface area contributed by atoms with E-state index in [9.17, 15) is 18.0 Å². The molecule has 4 rings (SSSR count). The molecule has 10 nitrogen and oxygen atoms in total. The van der Waals surface area contributed by atoms with Gasteiger partial charge in [0.15, 0.2) is 0 Å². The molecular formula is C23H25N5O5S. The fraction of sp³-hybridized carbons (Fsp3) is 0.261. The zero-order valence-electron chi connectivity index (χ0n) is 18.6. The normalized spacial score (nSPS) is 14.6. The second kappa shape index (κ2) is 9.75. The first-order chi connectivity index (χ1) is 16.3. The average Bonchev–Trinajstić information content (AvgIpc) is 3.35. The quantitative estimate of drug-likeness (QED) is 0.526. The van der Waals surface area contributed by atoms with Crippen LogP contribution in [0.3, 0.4) is 0 Å². The Morgan fingerprint density at radius 3 is 2.41 bits per heavy atom. The zero-order valence-corrected chi connectivity index (χ0v) is 19.4. The molecule has 1 aliphatic heterocycles. The average molecular weight is 484 g/mol. The molecule has 2 amide bonds. The van der Waals surface area contributed by atoms with Gasteiger partial charge in [-0.2, -0.15) is 9.40 Å². The number of hydrogen-bond acceptors (Lipinski definition) is 6. The molecule has 3 aromatic rings. The Morgan fingerprint density at radius 2 is 1.79 bits per heavy atom. The van der Waals surface area contributed by atoms with Gasteiger partial charge in [-0.1, -0.05) is 13.0 Å². The lowest BCUT2D eigenvalue weighted by molar-refractivity contribution is 0.0730. The first-order valence-electron chi connectivity index (χ1n) is 10.8.